The number of aromatic nitrogens is 2. The summed E-state index contributed by atoms with van der Waals surface area (Å²) in [6.07, 6.45) is 5.99. The maximum atomic E-state index is 11.6. The Morgan fingerprint density at radius 2 is 2.27 bits per heavy atom. The van der Waals surface area contributed by atoms with Crippen LogP contribution in [0.3, 0.4) is 0 Å². The molecule has 82 valence electrons. The number of carbonyl (C=O) groups is 1. The van der Waals surface area contributed by atoms with Gasteiger partial charge in [-0.1, -0.05) is 13.8 Å². The highest BCUT2D eigenvalue weighted by molar-refractivity contribution is 5.93. The fraction of sp³-hybridized carbons (Fsp3) is 0.545. The number of hydrogen-bond donors (Lipinski definition) is 1. The molecule has 1 aromatic heterocycles. The number of rotatable bonds is 6. The molecule has 0 unspecified atom stereocenters. The van der Waals surface area contributed by atoms with Crippen LogP contribution < -0.4 is 5.32 Å². The Balaban J connectivity index is 2.25. The van der Waals surface area contributed by atoms with Crippen LogP contribution in [0.25, 0.3) is 0 Å². The fourth-order valence-corrected chi connectivity index (χ4v) is 1.21. The molecule has 1 N–H and O–H groups in total. The molecule has 1 aromatic rings. The number of hydrogen-bond acceptors (Lipinski definition) is 4. The van der Waals surface area contributed by atoms with Gasteiger partial charge in [-0.2, -0.15) is 0 Å². The standard InChI is InChI=1S/C11H17N3O/c1-9(2)13-5-3-4-11(15)10-8-12-6-7-14-10/h6-9,13H,3-5H2,1-2H3. The zero-order valence-corrected chi connectivity index (χ0v) is 9.23. The van der Waals surface area contributed by atoms with E-state index in [0.717, 1.165) is 13.0 Å². The first-order valence-electron chi connectivity index (χ1n) is 5.22. The Bertz CT molecular complexity index is 298. The lowest BCUT2D eigenvalue weighted by molar-refractivity contribution is 0.0974. The Kier molecular flexibility index (Phi) is 4.90. The van der Waals surface area contributed by atoms with Crippen molar-refractivity contribution >= 4 is 5.78 Å². The van der Waals surface area contributed by atoms with Gasteiger partial charge in [0.15, 0.2) is 5.78 Å². The highest BCUT2D eigenvalue weighted by Crippen LogP contribution is 1.99. The summed E-state index contributed by atoms with van der Waals surface area (Å²) >= 11 is 0. The van der Waals surface area contributed by atoms with E-state index in [1.165, 1.54) is 6.20 Å². The summed E-state index contributed by atoms with van der Waals surface area (Å²) in [6, 6.07) is 0.469. The Hall–Kier alpha value is -1.29. The van der Waals surface area contributed by atoms with Crippen LogP contribution >= 0.6 is 0 Å². The first-order chi connectivity index (χ1) is 7.20. The van der Waals surface area contributed by atoms with Gasteiger partial charge < -0.3 is 5.32 Å². The van der Waals surface area contributed by atoms with Crippen LogP contribution in [0.2, 0.25) is 0 Å². The van der Waals surface area contributed by atoms with Crippen molar-refractivity contribution in [3.05, 3.63) is 24.3 Å². The van der Waals surface area contributed by atoms with Gasteiger partial charge in [-0.05, 0) is 13.0 Å². The van der Waals surface area contributed by atoms with Gasteiger partial charge in [-0.15, -0.1) is 0 Å². The normalized spacial score (nSPS) is 10.6. The molecule has 4 heteroatoms. The minimum absolute atomic E-state index is 0.0636. The fourth-order valence-electron chi connectivity index (χ4n) is 1.21. The first-order valence-corrected chi connectivity index (χ1v) is 5.22. The summed E-state index contributed by atoms with van der Waals surface area (Å²) in [5.41, 5.74) is 0.460. The van der Waals surface area contributed by atoms with Gasteiger partial charge >= 0.3 is 0 Å². The molecular weight excluding hydrogens is 190 g/mol. The Morgan fingerprint density at radius 3 is 2.87 bits per heavy atom. The van der Waals surface area contributed by atoms with Crippen molar-refractivity contribution in [1.82, 2.24) is 15.3 Å². The molecule has 0 aliphatic carbocycles. The molecule has 0 aliphatic heterocycles. The average molecular weight is 207 g/mol. The highest BCUT2D eigenvalue weighted by Gasteiger charge is 2.06. The number of Topliss-reactive ketones (excluding diaryl/α,β-unsaturated/α-hetero) is 1. The van der Waals surface area contributed by atoms with Crippen molar-refractivity contribution in [1.29, 1.82) is 0 Å². The van der Waals surface area contributed by atoms with Crippen molar-refractivity contribution in [2.24, 2.45) is 0 Å². The Morgan fingerprint density at radius 1 is 1.47 bits per heavy atom. The van der Waals surface area contributed by atoms with E-state index in [1.54, 1.807) is 12.4 Å². The van der Waals surface area contributed by atoms with Crippen LogP contribution in [-0.4, -0.2) is 28.3 Å². The van der Waals surface area contributed by atoms with Crippen molar-refractivity contribution in [2.75, 3.05) is 6.54 Å². The van der Waals surface area contributed by atoms with Crippen molar-refractivity contribution < 1.29 is 4.79 Å². The molecule has 1 rings (SSSR count). The molecule has 4 nitrogen and oxygen atoms in total. The summed E-state index contributed by atoms with van der Waals surface area (Å²) in [6.45, 7) is 5.04. The molecule has 0 saturated carbocycles. The average Bonchev–Trinajstić information content (AvgIpc) is 2.25. The maximum Gasteiger partial charge on any atom is 0.182 e. The van der Waals surface area contributed by atoms with Crippen LogP contribution in [0, 0.1) is 0 Å². The van der Waals surface area contributed by atoms with Gasteiger partial charge in [-0.3, -0.25) is 9.78 Å². The van der Waals surface area contributed by atoms with E-state index >= 15 is 0 Å². The molecule has 0 atom stereocenters. The molecule has 0 spiro atoms. The Labute approximate surface area is 90.1 Å². The van der Waals surface area contributed by atoms with Crippen molar-refractivity contribution in [3.8, 4) is 0 Å². The van der Waals surface area contributed by atoms with Gasteiger partial charge in [-0.25, -0.2) is 4.98 Å². The quantitative estimate of drug-likeness (QED) is 0.566. The topological polar surface area (TPSA) is 54.9 Å². The van der Waals surface area contributed by atoms with Crippen LogP contribution in [0.5, 0.6) is 0 Å². The predicted octanol–water partition coefficient (Wildman–Crippen LogP) is 1.44. The van der Waals surface area contributed by atoms with Gasteiger partial charge in [0.2, 0.25) is 0 Å². The second-order valence-corrected chi connectivity index (χ2v) is 3.73. The molecule has 0 aliphatic rings. The molecule has 15 heavy (non-hydrogen) atoms. The lowest BCUT2D eigenvalue weighted by Gasteiger charge is -2.06. The summed E-state index contributed by atoms with van der Waals surface area (Å²) in [5, 5.41) is 3.26. The molecule has 0 amide bonds. The summed E-state index contributed by atoms with van der Waals surface area (Å²) < 4.78 is 0. The number of nitrogens with zero attached hydrogens (tertiary/aromatic N) is 2. The lowest BCUT2D eigenvalue weighted by Crippen LogP contribution is -2.24. The van der Waals surface area contributed by atoms with Gasteiger partial charge in [0, 0.05) is 24.9 Å². The van der Waals surface area contributed by atoms with Crippen LogP contribution in [-0.2, 0) is 0 Å². The third-order valence-electron chi connectivity index (χ3n) is 1.98. The van der Waals surface area contributed by atoms with E-state index in [0.29, 0.717) is 18.2 Å². The van der Waals surface area contributed by atoms with Gasteiger partial charge in [0.1, 0.15) is 5.69 Å². The monoisotopic (exact) mass is 207 g/mol. The number of ketones is 1. The summed E-state index contributed by atoms with van der Waals surface area (Å²) in [4.78, 5) is 19.4. The summed E-state index contributed by atoms with van der Waals surface area (Å²) in [5.74, 6) is 0.0636. The molecule has 0 bridgehead atoms. The van der Waals surface area contributed by atoms with Crippen LogP contribution in [0.1, 0.15) is 37.2 Å². The minimum atomic E-state index is 0.0636. The van der Waals surface area contributed by atoms with Crippen LogP contribution in [0.15, 0.2) is 18.6 Å². The smallest absolute Gasteiger partial charge is 0.182 e. The molecule has 0 radical (unpaired) electrons. The second-order valence-electron chi connectivity index (χ2n) is 3.73. The molecule has 0 aromatic carbocycles. The van der Waals surface area contributed by atoms with Crippen LogP contribution in [0.4, 0.5) is 0 Å². The third-order valence-corrected chi connectivity index (χ3v) is 1.98. The van der Waals surface area contributed by atoms with E-state index in [-0.39, 0.29) is 5.78 Å². The molecule has 0 fully saturated rings. The number of nitrogens with one attached hydrogen (secondary N) is 1. The summed E-state index contributed by atoms with van der Waals surface area (Å²) in [7, 11) is 0. The van der Waals surface area contributed by atoms with E-state index in [1.807, 2.05) is 0 Å². The highest BCUT2D eigenvalue weighted by atomic mass is 16.1. The molecular formula is C11H17N3O. The zero-order valence-electron chi connectivity index (χ0n) is 9.23. The largest absolute Gasteiger partial charge is 0.315 e. The lowest BCUT2D eigenvalue weighted by atomic mass is 10.1. The van der Waals surface area contributed by atoms with E-state index in [9.17, 15) is 4.79 Å². The SMILES string of the molecule is CC(C)NCCCC(=O)c1cnccn1. The van der Waals surface area contributed by atoms with Crippen molar-refractivity contribution in [3.63, 3.8) is 0 Å². The van der Waals surface area contributed by atoms with Crippen molar-refractivity contribution in [2.45, 2.75) is 32.7 Å². The molecule has 1 heterocycles. The predicted molar refractivity (Wildman–Crippen MR) is 58.7 cm³/mol. The minimum Gasteiger partial charge on any atom is -0.315 e. The number of carbonyl (C=O) groups excluding carboxylic acids is 1. The van der Waals surface area contributed by atoms with Gasteiger partial charge in [0.25, 0.3) is 0 Å². The van der Waals surface area contributed by atoms with E-state index < -0.39 is 0 Å². The van der Waals surface area contributed by atoms with E-state index in [4.69, 9.17) is 0 Å². The third kappa shape index (κ3) is 4.65. The van der Waals surface area contributed by atoms with E-state index in [2.05, 4.69) is 29.1 Å². The first kappa shape index (κ1) is 11.8. The maximum absolute atomic E-state index is 11.6. The van der Waals surface area contributed by atoms with Gasteiger partial charge in [0.05, 0.1) is 6.20 Å². The second kappa shape index (κ2) is 6.24. The zero-order chi connectivity index (χ0) is 11.1. The molecule has 0 saturated heterocycles.